The highest BCUT2D eigenvalue weighted by molar-refractivity contribution is 6.44. The Balaban J connectivity index is 2.06. The van der Waals surface area contributed by atoms with Gasteiger partial charge in [-0.3, -0.25) is 9.48 Å². The molecule has 6 heteroatoms. The fourth-order valence-corrected chi connectivity index (χ4v) is 5.66. The molecule has 1 fully saturated rings. The topological polar surface area (TPSA) is 26.9 Å². The molecule has 1 aromatic heterocycles. The van der Waals surface area contributed by atoms with E-state index in [4.69, 9.17) is 34.8 Å². The Kier molecular flexibility index (Phi) is 3.34. The Labute approximate surface area is 156 Å². The van der Waals surface area contributed by atoms with Crippen LogP contribution in [0.3, 0.4) is 0 Å². The molecule has 0 amide bonds. The molecule has 2 aromatic rings. The lowest BCUT2D eigenvalue weighted by Gasteiger charge is -2.36. The lowest BCUT2D eigenvalue weighted by atomic mass is 9.70. The van der Waals surface area contributed by atoms with Gasteiger partial charge in [0.1, 0.15) is 0 Å². The summed E-state index contributed by atoms with van der Waals surface area (Å²) < 4.78 is 3.57. The Morgan fingerprint density at radius 3 is 2.46 bits per heavy atom. The van der Waals surface area contributed by atoms with E-state index in [0.29, 0.717) is 20.8 Å². The minimum Gasteiger partial charge on any atom is -0.284 e. The standard InChI is InChI=1S/C18H19Cl3N2O/c1-17(2)10-5-6-18(17,3)15-13(10)16(24)23(22(15)4)12-8-9(19)7-11(20)14(12)21/h7-8,10H,5-6H2,1-4H3. The third-order valence-corrected chi connectivity index (χ3v) is 7.61. The van der Waals surface area contributed by atoms with Crippen LogP contribution in [0.15, 0.2) is 16.9 Å². The van der Waals surface area contributed by atoms with E-state index >= 15 is 0 Å². The van der Waals surface area contributed by atoms with E-state index in [-0.39, 0.29) is 22.3 Å². The van der Waals surface area contributed by atoms with Crippen molar-refractivity contribution >= 4 is 34.8 Å². The van der Waals surface area contributed by atoms with Crippen molar-refractivity contribution in [2.45, 2.75) is 44.9 Å². The zero-order chi connectivity index (χ0) is 17.6. The number of rotatable bonds is 1. The smallest absolute Gasteiger partial charge is 0.275 e. The largest absolute Gasteiger partial charge is 0.284 e. The molecule has 3 nitrogen and oxygen atoms in total. The number of hydrogen-bond donors (Lipinski definition) is 0. The molecule has 1 saturated carbocycles. The average Bonchev–Trinajstić information content (AvgIpc) is 2.95. The van der Waals surface area contributed by atoms with Crippen LogP contribution in [0.1, 0.15) is 50.8 Å². The number of halogens is 3. The van der Waals surface area contributed by atoms with Gasteiger partial charge in [-0.2, -0.15) is 0 Å². The maximum absolute atomic E-state index is 13.3. The van der Waals surface area contributed by atoms with Gasteiger partial charge in [-0.05, 0) is 36.3 Å². The number of benzene rings is 1. The number of fused-ring (bicyclic) bond motifs is 5. The van der Waals surface area contributed by atoms with E-state index in [9.17, 15) is 4.79 Å². The zero-order valence-electron chi connectivity index (χ0n) is 14.1. The second-order valence-corrected chi connectivity index (χ2v) is 8.99. The van der Waals surface area contributed by atoms with E-state index in [2.05, 4.69) is 20.8 Å². The van der Waals surface area contributed by atoms with Gasteiger partial charge in [0.15, 0.2) is 0 Å². The molecule has 2 atom stereocenters. The van der Waals surface area contributed by atoms with Crippen LogP contribution in [-0.2, 0) is 12.5 Å². The van der Waals surface area contributed by atoms with Crippen LogP contribution in [-0.4, -0.2) is 9.36 Å². The summed E-state index contributed by atoms with van der Waals surface area (Å²) in [6.45, 7) is 6.82. The second-order valence-electron chi connectivity index (χ2n) is 7.77. The van der Waals surface area contributed by atoms with Crippen LogP contribution in [0, 0.1) is 5.41 Å². The van der Waals surface area contributed by atoms with E-state index < -0.39 is 0 Å². The first-order valence-corrected chi connectivity index (χ1v) is 9.22. The SMILES string of the molecule is Cn1c2c(c(=O)n1-c1cc(Cl)cc(Cl)c1Cl)C1CCC2(C)C1(C)C. The molecule has 2 bridgehead atoms. The molecule has 1 heterocycles. The van der Waals surface area contributed by atoms with Gasteiger partial charge in [0, 0.05) is 23.0 Å². The number of nitrogens with zero attached hydrogens (tertiary/aromatic N) is 2. The maximum Gasteiger partial charge on any atom is 0.275 e. The first-order valence-electron chi connectivity index (χ1n) is 8.08. The summed E-state index contributed by atoms with van der Waals surface area (Å²) in [5.74, 6) is 0.283. The molecule has 2 unspecified atom stereocenters. The van der Waals surface area contributed by atoms with Crippen molar-refractivity contribution in [1.29, 1.82) is 0 Å². The van der Waals surface area contributed by atoms with Crippen molar-refractivity contribution in [3.63, 3.8) is 0 Å². The summed E-state index contributed by atoms with van der Waals surface area (Å²) in [5.41, 5.74) is 2.67. The van der Waals surface area contributed by atoms with E-state index in [1.165, 1.54) is 0 Å². The van der Waals surface area contributed by atoms with Gasteiger partial charge in [-0.15, -0.1) is 0 Å². The van der Waals surface area contributed by atoms with Gasteiger partial charge in [-0.25, -0.2) is 4.68 Å². The monoisotopic (exact) mass is 384 g/mol. The molecule has 2 aliphatic carbocycles. The summed E-state index contributed by atoms with van der Waals surface area (Å²) in [6, 6.07) is 3.28. The summed E-state index contributed by atoms with van der Waals surface area (Å²) in [7, 11) is 1.92. The van der Waals surface area contributed by atoms with Crippen molar-refractivity contribution in [2.75, 3.05) is 0 Å². The van der Waals surface area contributed by atoms with E-state index in [1.54, 1.807) is 16.8 Å². The Morgan fingerprint density at radius 2 is 1.83 bits per heavy atom. The summed E-state index contributed by atoms with van der Waals surface area (Å²) in [4.78, 5) is 13.3. The van der Waals surface area contributed by atoms with Gasteiger partial charge in [-0.1, -0.05) is 55.6 Å². The molecule has 0 aliphatic heterocycles. The van der Waals surface area contributed by atoms with Crippen molar-refractivity contribution in [3.05, 3.63) is 48.8 Å². The third kappa shape index (κ3) is 1.73. The molecular formula is C18H19Cl3N2O. The Hall–Kier alpha value is -0.900. The number of hydrogen-bond acceptors (Lipinski definition) is 1. The van der Waals surface area contributed by atoms with E-state index in [1.807, 2.05) is 11.7 Å². The molecule has 128 valence electrons. The molecule has 0 spiro atoms. The predicted octanol–water partition coefficient (Wildman–Crippen LogP) is 5.31. The number of aromatic nitrogens is 2. The molecule has 0 radical (unpaired) electrons. The minimum absolute atomic E-state index is 0.00534. The first kappa shape index (κ1) is 16.6. The highest BCUT2D eigenvalue weighted by Crippen LogP contribution is 2.66. The van der Waals surface area contributed by atoms with Gasteiger partial charge in [0.2, 0.25) is 0 Å². The predicted molar refractivity (Wildman–Crippen MR) is 99.1 cm³/mol. The molecule has 2 aliphatic rings. The fourth-order valence-electron chi connectivity index (χ4n) is 4.99. The molecule has 0 saturated heterocycles. The lowest BCUT2D eigenvalue weighted by molar-refractivity contribution is 0.218. The third-order valence-electron chi connectivity index (χ3n) is 6.60. The van der Waals surface area contributed by atoms with Crippen molar-refractivity contribution in [1.82, 2.24) is 9.36 Å². The van der Waals surface area contributed by atoms with Crippen molar-refractivity contribution in [2.24, 2.45) is 12.5 Å². The zero-order valence-corrected chi connectivity index (χ0v) is 16.4. The highest BCUT2D eigenvalue weighted by Gasteiger charge is 2.62. The van der Waals surface area contributed by atoms with Crippen molar-refractivity contribution in [3.8, 4) is 5.69 Å². The maximum atomic E-state index is 13.3. The Morgan fingerprint density at radius 1 is 1.17 bits per heavy atom. The second kappa shape index (κ2) is 4.84. The van der Waals surface area contributed by atoms with Crippen LogP contribution in [0.5, 0.6) is 0 Å². The molecular weight excluding hydrogens is 367 g/mol. The minimum atomic E-state index is -0.0129. The van der Waals surface area contributed by atoms with Crippen molar-refractivity contribution < 1.29 is 0 Å². The quantitative estimate of drug-likeness (QED) is 0.611. The average molecular weight is 386 g/mol. The fraction of sp³-hybridized carbons (Fsp3) is 0.500. The summed E-state index contributed by atoms with van der Waals surface area (Å²) in [6.07, 6.45) is 2.15. The van der Waals surface area contributed by atoms with Crippen LogP contribution in [0.4, 0.5) is 0 Å². The lowest BCUT2D eigenvalue weighted by Crippen LogP contribution is -2.35. The van der Waals surface area contributed by atoms with E-state index in [0.717, 1.165) is 24.1 Å². The van der Waals surface area contributed by atoms with Crippen LogP contribution >= 0.6 is 34.8 Å². The van der Waals surface area contributed by atoms with Gasteiger partial charge >= 0.3 is 0 Å². The van der Waals surface area contributed by atoms with Gasteiger partial charge in [0.05, 0.1) is 21.4 Å². The van der Waals surface area contributed by atoms with Crippen LogP contribution in [0.25, 0.3) is 5.69 Å². The summed E-state index contributed by atoms with van der Waals surface area (Å²) >= 11 is 18.7. The molecule has 24 heavy (non-hydrogen) atoms. The van der Waals surface area contributed by atoms with Gasteiger partial charge in [0.25, 0.3) is 5.56 Å². The van der Waals surface area contributed by atoms with Crippen LogP contribution < -0.4 is 5.56 Å². The summed E-state index contributed by atoms with van der Waals surface area (Å²) in [5, 5.41) is 1.16. The Bertz CT molecular complexity index is 941. The molecule has 0 N–H and O–H groups in total. The molecule has 4 rings (SSSR count). The normalized spacial score (nSPS) is 26.9. The van der Waals surface area contributed by atoms with Crippen LogP contribution in [0.2, 0.25) is 15.1 Å². The highest BCUT2D eigenvalue weighted by atomic mass is 35.5. The first-order chi connectivity index (χ1) is 11.1. The molecule has 1 aromatic carbocycles. The van der Waals surface area contributed by atoms with Gasteiger partial charge < -0.3 is 0 Å².